The Kier molecular flexibility index (Phi) is 3.30. The van der Waals surface area contributed by atoms with Crippen LogP contribution in [0.5, 0.6) is 0 Å². The van der Waals surface area contributed by atoms with Crippen LogP contribution >= 0.6 is 11.3 Å². The first kappa shape index (κ1) is 13.6. The third-order valence-electron chi connectivity index (χ3n) is 3.68. The highest BCUT2D eigenvalue weighted by atomic mass is 32.1. The molecule has 4 nitrogen and oxygen atoms in total. The zero-order chi connectivity index (χ0) is 15.6. The quantitative estimate of drug-likeness (QED) is 0.564. The molecule has 0 aliphatic rings. The lowest BCUT2D eigenvalue weighted by molar-refractivity contribution is 1.30. The second-order valence-electron chi connectivity index (χ2n) is 5.10. The van der Waals surface area contributed by atoms with Gasteiger partial charge >= 0.3 is 0 Å². The number of fused-ring (bicyclic) bond motifs is 1. The van der Waals surface area contributed by atoms with E-state index in [0.29, 0.717) is 5.56 Å². The summed E-state index contributed by atoms with van der Waals surface area (Å²) < 4.78 is 0. The normalized spacial score (nSPS) is 10.6. The van der Waals surface area contributed by atoms with Crippen molar-refractivity contribution in [2.45, 2.75) is 0 Å². The van der Waals surface area contributed by atoms with E-state index in [9.17, 15) is 5.26 Å². The summed E-state index contributed by atoms with van der Waals surface area (Å²) in [7, 11) is 0. The summed E-state index contributed by atoms with van der Waals surface area (Å²) in [5.74, 6) is 0. The van der Waals surface area contributed by atoms with Crippen molar-refractivity contribution in [3.63, 3.8) is 0 Å². The Hall–Kier alpha value is -3.10. The number of benzene rings is 1. The summed E-state index contributed by atoms with van der Waals surface area (Å²) in [6.07, 6.45) is 5.30. The van der Waals surface area contributed by atoms with E-state index < -0.39 is 0 Å². The molecule has 3 aromatic heterocycles. The van der Waals surface area contributed by atoms with Gasteiger partial charge in [0.05, 0.1) is 11.3 Å². The number of aromatic amines is 1. The van der Waals surface area contributed by atoms with Gasteiger partial charge in [0.2, 0.25) is 0 Å². The molecule has 4 aromatic rings. The first-order valence-corrected chi connectivity index (χ1v) is 7.99. The highest BCUT2D eigenvalue weighted by Gasteiger charge is 2.12. The number of nitrogens with zero attached hydrogens (tertiary/aromatic N) is 2. The van der Waals surface area contributed by atoms with Crippen LogP contribution in [0.15, 0.2) is 60.4 Å². The van der Waals surface area contributed by atoms with Gasteiger partial charge in [-0.15, -0.1) is 11.3 Å². The molecule has 0 aliphatic heterocycles. The van der Waals surface area contributed by atoms with Crippen molar-refractivity contribution in [1.29, 1.82) is 5.26 Å². The van der Waals surface area contributed by atoms with Crippen molar-refractivity contribution in [2.24, 2.45) is 0 Å². The third kappa shape index (κ3) is 2.45. The zero-order valence-corrected chi connectivity index (χ0v) is 12.9. The minimum Gasteiger partial charge on any atom is -0.361 e. The van der Waals surface area contributed by atoms with Gasteiger partial charge in [-0.2, -0.15) is 5.26 Å². The fraction of sp³-hybridized carbons (Fsp3) is 0. The molecule has 3 heterocycles. The van der Waals surface area contributed by atoms with Crippen molar-refractivity contribution in [2.75, 3.05) is 5.32 Å². The number of H-pyrrole nitrogens is 1. The first-order valence-electron chi connectivity index (χ1n) is 7.11. The molecule has 0 aliphatic carbocycles. The number of rotatable bonds is 3. The van der Waals surface area contributed by atoms with Crippen LogP contribution in [-0.2, 0) is 0 Å². The lowest BCUT2D eigenvalue weighted by Crippen LogP contribution is -1.97. The highest BCUT2D eigenvalue weighted by molar-refractivity contribution is 7.13. The number of hydrogen-bond acceptors (Lipinski definition) is 4. The molecule has 2 N–H and O–H groups in total. The van der Waals surface area contributed by atoms with Crippen LogP contribution in [0, 0.1) is 11.3 Å². The van der Waals surface area contributed by atoms with Gasteiger partial charge in [0, 0.05) is 45.6 Å². The van der Waals surface area contributed by atoms with E-state index >= 15 is 0 Å². The molecule has 4 rings (SSSR count). The molecular weight excluding hydrogens is 304 g/mol. The molecule has 110 valence electrons. The van der Waals surface area contributed by atoms with E-state index in [2.05, 4.69) is 27.4 Å². The number of anilines is 2. The van der Waals surface area contributed by atoms with Crippen LogP contribution in [-0.4, -0.2) is 9.97 Å². The molecule has 0 bridgehead atoms. The van der Waals surface area contributed by atoms with Gasteiger partial charge in [0.15, 0.2) is 0 Å². The van der Waals surface area contributed by atoms with Gasteiger partial charge in [-0.25, -0.2) is 0 Å². The summed E-state index contributed by atoms with van der Waals surface area (Å²) in [4.78, 5) is 8.46. The zero-order valence-electron chi connectivity index (χ0n) is 12.1. The number of thiophene rings is 1. The first-order chi connectivity index (χ1) is 11.3. The van der Waals surface area contributed by atoms with Crippen LogP contribution in [0.4, 0.5) is 11.4 Å². The number of pyridine rings is 1. The summed E-state index contributed by atoms with van der Waals surface area (Å²) in [5.41, 5.74) is 4.29. The predicted octanol–water partition coefficient (Wildman–Crippen LogP) is 4.91. The Bertz CT molecular complexity index is 1010. The van der Waals surface area contributed by atoms with Gasteiger partial charge in [-0.3, -0.25) is 4.98 Å². The van der Waals surface area contributed by atoms with Crippen molar-refractivity contribution in [1.82, 2.24) is 9.97 Å². The molecule has 5 heteroatoms. The minimum absolute atomic E-state index is 0.532. The largest absolute Gasteiger partial charge is 0.361 e. The molecule has 0 radical (unpaired) electrons. The van der Waals surface area contributed by atoms with E-state index in [0.717, 1.165) is 32.7 Å². The van der Waals surface area contributed by atoms with E-state index in [1.165, 1.54) is 0 Å². The third-order valence-corrected chi connectivity index (χ3v) is 4.58. The number of nitrogens with one attached hydrogen (secondary N) is 2. The number of hydrogen-bond donors (Lipinski definition) is 2. The van der Waals surface area contributed by atoms with Crippen LogP contribution in [0.2, 0.25) is 0 Å². The van der Waals surface area contributed by atoms with Crippen molar-refractivity contribution >= 4 is 33.6 Å². The summed E-state index contributed by atoms with van der Waals surface area (Å²) in [6.45, 7) is 0. The van der Waals surface area contributed by atoms with E-state index in [-0.39, 0.29) is 0 Å². The molecule has 0 fully saturated rings. The monoisotopic (exact) mass is 316 g/mol. The second-order valence-corrected chi connectivity index (χ2v) is 6.05. The Morgan fingerprint density at radius 1 is 1.17 bits per heavy atom. The van der Waals surface area contributed by atoms with Gasteiger partial charge in [-0.05, 0) is 35.7 Å². The Balaban J connectivity index is 1.82. The SMILES string of the molecule is N#Cc1cncc(-c2cccs2)c1Nc1ccc2[nH]ccc2c1. The van der Waals surface area contributed by atoms with Crippen molar-refractivity contribution in [3.8, 4) is 16.5 Å². The van der Waals surface area contributed by atoms with Crippen LogP contribution in [0.3, 0.4) is 0 Å². The fourth-order valence-corrected chi connectivity index (χ4v) is 3.32. The molecule has 1 aromatic carbocycles. The standard InChI is InChI=1S/C18H12N4S/c19-9-13-10-20-11-15(17-2-1-7-23-17)18(13)22-14-3-4-16-12(8-14)5-6-21-16/h1-8,10-11,21H,(H,20,22). The van der Waals surface area contributed by atoms with Crippen LogP contribution < -0.4 is 5.32 Å². The number of aromatic nitrogens is 2. The predicted molar refractivity (Wildman–Crippen MR) is 93.8 cm³/mol. The molecule has 23 heavy (non-hydrogen) atoms. The Morgan fingerprint density at radius 2 is 2.13 bits per heavy atom. The van der Waals surface area contributed by atoms with Crippen LogP contribution in [0.25, 0.3) is 21.3 Å². The molecule has 0 atom stereocenters. The van der Waals surface area contributed by atoms with Gasteiger partial charge in [0.25, 0.3) is 0 Å². The summed E-state index contributed by atoms with van der Waals surface area (Å²) >= 11 is 1.63. The maximum atomic E-state index is 9.43. The molecule has 0 saturated heterocycles. The fourth-order valence-electron chi connectivity index (χ4n) is 2.57. The van der Waals surface area contributed by atoms with E-state index in [1.54, 1.807) is 23.7 Å². The van der Waals surface area contributed by atoms with Crippen molar-refractivity contribution < 1.29 is 0 Å². The van der Waals surface area contributed by atoms with Crippen LogP contribution in [0.1, 0.15) is 5.56 Å². The highest BCUT2D eigenvalue weighted by Crippen LogP contribution is 2.35. The topological polar surface area (TPSA) is 64.5 Å². The summed E-state index contributed by atoms with van der Waals surface area (Å²) in [6, 6.07) is 14.4. The van der Waals surface area contributed by atoms with E-state index in [1.807, 2.05) is 41.9 Å². The Morgan fingerprint density at radius 3 is 2.96 bits per heavy atom. The molecule has 0 spiro atoms. The molecular formula is C18H12N4S. The average Bonchev–Trinajstić information content (AvgIpc) is 3.26. The molecule has 0 amide bonds. The molecule has 0 saturated carbocycles. The maximum Gasteiger partial charge on any atom is 0.103 e. The van der Waals surface area contributed by atoms with Gasteiger partial charge < -0.3 is 10.3 Å². The second kappa shape index (κ2) is 5.59. The van der Waals surface area contributed by atoms with Gasteiger partial charge in [0.1, 0.15) is 6.07 Å². The lowest BCUT2D eigenvalue weighted by Gasteiger charge is -2.12. The smallest absolute Gasteiger partial charge is 0.103 e. The maximum absolute atomic E-state index is 9.43. The van der Waals surface area contributed by atoms with Gasteiger partial charge in [-0.1, -0.05) is 6.07 Å². The van der Waals surface area contributed by atoms with E-state index in [4.69, 9.17) is 0 Å². The summed E-state index contributed by atoms with van der Waals surface area (Å²) in [5, 5.41) is 16.0. The number of nitriles is 1. The lowest BCUT2D eigenvalue weighted by atomic mass is 10.1. The Labute approximate surface area is 137 Å². The van der Waals surface area contributed by atoms with Crippen molar-refractivity contribution in [3.05, 3.63) is 65.9 Å². The minimum atomic E-state index is 0.532. The molecule has 0 unspecified atom stereocenters. The average molecular weight is 316 g/mol.